The molecule has 0 amide bonds. The van der Waals surface area contributed by atoms with Gasteiger partial charge in [0, 0.05) is 42.3 Å². The molecule has 1 aromatic carbocycles. The third-order valence-electron chi connectivity index (χ3n) is 6.05. The van der Waals surface area contributed by atoms with E-state index < -0.39 is 0 Å². The Balaban J connectivity index is 1.67. The average Bonchev–Trinajstić information content (AvgIpc) is 3.31. The van der Waals surface area contributed by atoms with Crippen LogP contribution in [0.15, 0.2) is 58.6 Å². The molecule has 0 bridgehead atoms. The number of likely N-dealkylation sites (N-methyl/N-ethyl adjacent to an activating group) is 1. The molecule has 4 unspecified atom stereocenters. The molecule has 1 N–H and O–H groups in total. The Kier molecular flexibility index (Phi) is 4.27. The van der Waals surface area contributed by atoms with Gasteiger partial charge in [0.25, 0.3) is 0 Å². The lowest BCUT2D eigenvalue weighted by atomic mass is 9.97. The van der Waals surface area contributed by atoms with Crippen molar-refractivity contribution in [3.05, 3.63) is 59.7 Å². The molecule has 27 heavy (non-hydrogen) atoms. The van der Waals surface area contributed by atoms with Gasteiger partial charge in [-0.15, -0.1) is 0 Å². The predicted octanol–water partition coefficient (Wildman–Crippen LogP) is 3.53. The summed E-state index contributed by atoms with van der Waals surface area (Å²) < 4.78 is 6.83. The number of allylic oxidation sites excluding steroid dienone is 2. The number of nitrogens with zero attached hydrogens (tertiary/aromatic N) is 3. The summed E-state index contributed by atoms with van der Waals surface area (Å²) in [5, 5.41) is 3.11. The van der Waals surface area contributed by atoms with Crippen LogP contribution in [0.1, 0.15) is 24.0 Å². The second-order valence-electron chi connectivity index (χ2n) is 7.69. The van der Waals surface area contributed by atoms with E-state index in [-0.39, 0.29) is 0 Å². The third kappa shape index (κ3) is 2.92. The zero-order valence-corrected chi connectivity index (χ0v) is 16.3. The van der Waals surface area contributed by atoms with E-state index in [4.69, 9.17) is 9.73 Å². The fourth-order valence-electron chi connectivity index (χ4n) is 4.17. The molecule has 5 heteroatoms. The molecule has 1 aromatic rings. The highest BCUT2D eigenvalue weighted by Gasteiger charge is 2.58. The molecule has 2 heterocycles. The maximum Gasteiger partial charge on any atom is 0.194 e. The van der Waals surface area contributed by atoms with Crippen molar-refractivity contribution in [3.63, 3.8) is 0 Å². The van der Waals surface area contributed by atoms with Crippen molar-refractivity contribution >= 4 is 18.6 Å². The zero-order valence-electron chi connectivity index (χ0n) is 16.3. The first kappa shape index (κ1) is 17.7. The number of nitrogens with one attached hydrogen (secondary N) is 1. The quantitative estimate of drug-likeness (QED) is 0.477. The molecule has 0 saturated heterocycles. The number of fused-ring (bicyclic) bond motifs is 3. The van der Waals surface area contributed by atoms with Gasteiger partial charge in [-0.05, 0) is 36.9 Å². The minimum Gasteiger partial charge on any atom is -0.493 e. The highest BCUT2D eigenvalue weighted by molar-refractivity contribution is 5.79. The molecule has 0 spiro atoms. The monoisotopic (exact) mass is 363 g/mol. The zero-order chi connectivity index (χ0) is 19.2. The fourth-order valence-corrected chi connectivity index (χ4v) is 4.17. The van der Waals surface area contributed by atoms with E-state index in [1.807, 2.05) is 13.4 Å². The van der Waals surface area contributed by atoms with Crippen LogP contribution < -0.4 is 10.1 Å². The third-order valence-corrected chi connectivity index (χ3v) is 6.05. The molecule has 5 nitrogen and oxygen atoms in total. The van der Waals surface area contributed by atoms with Gasteiger partial charge in [0.2, 0.25) is 0 Å². The summed E-state index contributed by atoms with van der Waals surface area (Å²) in [5.74, 6) is 2.42. The van der Waals surface area contributed by atoms with Gasteiger partial charge >= 0.3 is 0 Å². The summed E-state index contributed by atoms with van der Waals surface area (Å²) in [6.07, 6.45) is 6.09. The van der Waals surface area contributed by atoms with Crippen LogP contribution in [0.3, 0.4) is 0 Å². The number of rotatable bonds is 6. The minimum atomic E-state index is 0.446. The van der Waals surface area contributed by atoms with Gasteiger partial charge in [-0.1, -0.05) is 12.6 Å². The largest absolute Gasteiger partial charge is 0.493 e. The van der Waals surface area contributed by atoms with Gasteiger partial charge in [-0.2, -0.15) is 0 Å². The van der Waals surface area contributed by atoms with E-state index in [1.54, 1.807) is 6.20 Å². The summed E-state index contributed by atoms with van der Waals surface area (Å²) in [7, 11) is 4.05. The topological polar surface area (TPSA) is 46.0 Å². The SMILES string of the molecule is C=NC=C(C(=C)NC)c1ccc2c(c1)C1C(CO2)C1C1=C[N+](C)(CC)C=N1. The van der Waals surface area contributed by atoms with Crippen LogP contribution in [-0.4, -0.2) is 44.8 Å². The number of quaternary nitrogens is 1. The Hall–Kier alpha value is -2.66. The second-order valence-corrected chi connectivity index (χ2v) is 7.69. The van der Waals surface area contributed by atoms with Crippen molar-refractivity contribution in [2.75, 3.05) is 27.2 Å². The number of hydrogen-bond donors (Lipinski definition) is 1. The molecular weight excluding hydrogens is 336 g/mol. The van der Waals surface area contributed by atoms with Gasteiger partial charge < -0.3 is 10.1 Å². The molecule has 1 saturated carbocycles. The van der Waals surface area contributed by atoms with Crippen molar-refractivity contribution in [2.24, 2.45) is 21.8 Å². The normalized spacial score (nSPS) is 30.7. The summed E-state index contributed by atoms with van der Waals surface area (Å²) in [6.45, 7) is 11.6. The molecular formula is C22H27N4O+. The molecule has 140 valence electrons. The molecule has 4 atom stereocenters. The summed E-state index contributed by atoms with van der Waals surface area (Å²) in [4.78, 5) is 8.69. The Morgan fingerprint density at radius 3 is 2.93 bits per heavy atom. The first-order valence-electron chi connectivity index (χ1n) is 9.44. The summed E-state index contributed by atoms with van der Waals surface area (Å²) >= 11 is 0. The van der Waals surface area contributed by atoms with Crippen molar-refractivity contribution in [2.45, 2.75) is 12.8 Å². The van der Waals surface area contributed by atoms with E-state index in [0.29, 0.717) is 17.8 Å². The van der Waals surface area contributed by atoms with Crippen LogP contribution in [-0.2, 0) is 0 Å². The van der Waals surface area contributed by atoms with Crippen molar-refractivity contribution < 1.29 is 9.22 Å². The lowest BCUT2D eigenvalue weighted by Crippen LogP contribution is -2.34. The molecule has 1 aliphatic carbocycles. The predicted molar refractivity (Wildman–Crippen MR) is 111 cm³/mol. The Labute approximate surface area is 161 Å². The number of hydrogen-bond acceptors (Lipinski definition) is 4. The molecule has 0 radical (unpaired) electrons. The molecule has 2 aliphatic heterocycles. The van der Waals surface area contributed by atoms with E-state index >= 15 is 0 Å². The number of ether oxygens (including phenoxy) is 1. The maximum absolute atomic E-state index is 6.05. The van der Waals surface area contributed by atoms with E-state index in [2.05, 4.69) is 62.0 Å². The van der Waals surface area contributed by atoms with Gasteiger partial charge in [0.05, 0.1) is 20.2 Å². The van der Waals surface area contributed by atoms with Crippen molar-refractivity contribution in [1.82, 2.24) is 5.32 Å². The van der Waals surface area contributed by atoms with E-state index in [9.17, 15) is 0 Å². The summed E-state index contributed by atoms with van der Waals surface area (Å²) in [5.41, 5.74) is 5.32. The minimum absolute atomic E-state index is 0.446. The Morgan fingerprint density at radius 1 is 1.44 bits per heavy atom. The lowest BCUT2D eigenvalue weighted by molar-refractivity contribution is -0.754. The highest BCUT2D eigenvalue weighted by Crippen LogP contribution is 2.62. The molecule has 0 aromatic heterocycles. The highest BCUT2D eigenvalue weighted by atomic mass is 16.5. The second kappa shape index (κ2) is 6.50. The van der Waals surface area contributed by atoms with Crippen molar-refractivity contribution in [1.29, 1.82) is 0 Å². The smallest absolute Gasteiger partial charge is 0.194 e. The van der Waals surface area contributed by atoms with E-state index in [1.165, 1.54) is 11.3 Å². The van der Waals surface area contributed by atoms with Crippen molar-refractivity contribution in [3.8, 4) is 5.75 Å². The first-order valence-corrected chi connectivity index (χ1v) is 9.44. The van der Waals surface area contributed by atoms with Gasteiger partial charge in [-0.25, -0.2) is 4.99 Å². The maximum atomic E-state index is 6.05. The standard InChI is InChI=1S/C22H27N4O/c1-6-26(5)11-19(25-13-26)22-18-12-27-20-8-7-15(9-16(20)21(18)22)17(10-23-3)14(2)24-4/h7-11,13,18,21-22,24H,2-3,6,12H2,1,4-5H3/q+1. The molecule has 3 aliphatic rings. The van der Waals surface area contributed by atoms with Crippen LogP contribution in [0.5, 0.6) is 5.75 Å². The van der Waals surface area contributed by atoms with E-state index in [0.717, 1.165) is 40.2 Å². The fraction of sp³-hybridized carbons (Fsp3) is 0.364. The molecule has 1 fully saturated rings. The van der Waals surface area contributed by atoms with Crippen LogP contribution in [0.2, 0.25) is 0 Å². The molecule has 4 rings (SSSR count). The van der Waals surface area contributed by atoms with Crippen LogP contribution in [0.25, 0.3) is 5.57 Å². The van der Waals surface area contributed by atoms with Gasteiger partial charge in [-0.3, -0.25) is 9.48 Å². The van der Waals surface area contributed by atoms with Crippen LogP contribution in [0, 0.1) is 11.8 Å². The average molecular weight is 363 g/mol. The number of benzene rings is 1. The van der Waals surface area contributed by atoms with Gasteiger partial charge in [0.1, 0.15) is 17.6 Å². The number of aliphatic imine (C=N–C) groups is 2. The van der Waals surface area contributed by atoms with Crippen LogP contribution in [0.4, 0.5) is 0 Å². The van der Waals surface area contributed by atoms with Gasteiger partial charge in [0.15, 0.2) is 6.34 Å². The van der Waals surface area contributed by atoms with Crippen LogP contribution >= 0.6 is 0 Å². The first-order chi connectivity index (χ1) is 13.0. The lowest BCUT2D eigenvalue weighted by Gasteiger charge is -2.18. The Bertz CT molecular complexity index is 898. The summed E-state index contributed by atoms with van der Waals surface area (Å²) in [6, 6.07) is 6.35. The Morgan fingerprint density at radius 2 is 2.26 bits per heavy atom.